The van der Waals surface area contributed by atoms with E-state index in [2.05, 4.69) is 16.3 Å². The van der Waals surface area contributed by atoms with Crippen molar-refractivity contribution in [2.75, 3.05) is 51.3 Å². The van der Waals surface area contributed by atoms with Crippen LogP contribution in [0.5, 0.6) is 5.75 Å². The third kappa shape index (κ3) is 5.44. The number of amides is 3. The molecular formula is C28H32N6O4. The lowest BCUT2D eigenvalue weighted by atomic mass is 9.93. The number of anilines is 1. The number of primary amides is 1. The molecular weight excluding hydrogens is 484 g/mol. The molecule has 38 heavy (non-hydrogen) atoms. The van der Waals surface area contributed by atoms with Gasteiger partial charge in [0.2, 0.25) is 0 Å². The number of benzene rings is 1. The van der Waals surface area contributed by atoms with Gasteiger partial charge in [0.25, 0.3) is 5.91 Å². The Labute approximate surface area is 221 Å². The van der Waals surface area contributed by atoms with Gasteiger partial charge >= 0.3 is 6.03 Å². The maximum atomic E-state index is 13.1. The van der Waals surface area contributed by atoms with Crippen LogP contribution in [-0.4, -0.2) is 72.3 Å². The number of nitrogens with one attached hydrogen (secondary N) is 1. The summed E-state index contributed by atoms with van der Waals surface area (Å²) in [5, 5.41) is 12.8. The Morgan fingerprint density at radius 2 is 1.92 bits per heavy atom. The van der Waals surface area contributed by atoms with E-state index in [4.69, 9.17) is 15.2 Å². The van der Waals surface area contributed by atoms with Crippen LogP contribution < -0.4 is 15.8 Å². The molecule has 198 valence electrons. The molecule has 1 aliphatic carbocycles. The van der Waals surface area contributed by atoms with Crippen LogP contribution in [0.25, 0.3) is 0 Å². The third-order valence-corrected chi connectivity index (χ3v) is 7.21. The SMILES string of the molecule is N#Cc1c(C(N)=O)c2n(c1C1C=CC=CC1)CCN(C(=O)Nc1ccc(OCCN3CCOCC3)cc1)C2. The minimum atomic E-state index is -0.654. The van der Waals surface area contributed by atoms with Crippen LogP contribution in [-0.2, 0) is 17.8 Å². The van der Waals surface area contributed by atoms with Crippen molar-refractivity contribution in [1.29, 1.82) is 5.26 Å². The molecule has 1 atom stereocenters. The van der Waals surface area contributed by atoms with Gasteiger partial charge in [-0.2, -0.15) is 5.26 Å². The number of fused-ring (bicyclic) bond motifs is 1. The first kappa shape index (κ1) is 25.6. The van der Waals surface area contributed by atoms with Crippen LogP contribution in [0.2, 0.25) is 0 Å². The van der Waals surface area contributed by atoms with E-state index in [-0.39, 0.29) is 24.1 Å². The van der Waals surface area contributed by atoms with Crippen LogP contribution >= 0.6 is 0 Å². The van der Waals surface area contributed by atoms with Gasteiger partial charge in [-0.05, 0) is 30.7 Å². The van der Waals surface area contributed by atoms with Crippen molar-refractivity contribution in [3.8, 4) is 11.8 Å². The fraction of sp³-hybridized carbons (Fsp3) is 0.393. The Morgan fingerprint density at radius 3 is 2.61 bits per heavy atom. The Morgan fingerprint density at radius 1 is 1.13 bits per heavy atom. The van der Waals surface area contributed by atoms with Gasteiger partial charge in [-0.1, -0.05) is 24.3 Å². The largest absolute Gasteiger partial charge is 0.492 e. The van der Waals surface area contributed by atoms with Crippen LogP contribution in [0.3, 0.4) is 0 Å². The number of nitrogens with two attached hydrogens (primary N) is 1. The molecule has 1 aromatic carbocycles. The number of ether oxygens (including phenoxy) is 2. The predicted octanol–water partition coefficient (Wildman–Crippen LogP) is 2.82. The van der Waals surface area contributed by atoms with E-state index in [1.165, 1.54) is 0 Å². The van der Waals surface area contributed by atoms with Gasteiger partial charge in [-0.3, -0.25) is 9.69 Å². The lowest BCUT2D eigenvalue weighted by Gasteiger charge is -2.31. The number of aromatic nitrogens is 1. The van der Waals surface area contributed by atoms with E-state index in [0.29, 0.717) is 36.6 Å². The van der Waals surface area contributed by atoms with E-state index in [0.717, 1.165) is 50.7 Å². The van der Waals surface area contributed by atoms with Crippen molar-refractivity contribution in [2.45, 2.75) is 25.4 Å². The maximum absolute atomic E-state index is 13.1. The Kier molecular flexibility index (Phi) is 7.77. The monoisotopic (exact) mass is 516 g/mol. The standard InChI is InChI=1S/C28H32N6O4/c29-18-23-25(27(30)35)24-19-33(10-11-34(24)26(23)20-4-2-1-3-5-20)28(36)31-21-6-8-22(9-7-21)38-17-14-32-12-15-37-16-13-32/h1-4,6-9,20H,5,10-17,19H2,(H2,30,35)(H,31,36). The smallest absolute Gasteiger partial charge is 0.322 e. The minimum Gasteiger partial charge on any atom is -0.492 e. The molecule has 1 aromatic heterocycles. The predicted molar refractivity (Wildman–Crippen MR) is 142 cm³/mol. The zero-order chi connectivity index (χ0) is 26.5. The number of morpholine rings is 1. The van der Waals surface area contributed by atoms with Crippen molar-refractivity contribution in [2.24, 2.45) is 5.73 Å². The summed E-state index contributed by atoms with van der Waals surface area (Å²) in [4.78, 5) is 29.5. The Bertz CT molecular complexity index is 1280. The summed E-state index contributed by atoms with van der Waals surface area (Å²) in [7, 11) is 0. The summed E-state index contributed by atoms with van der Waals surface area (Å²) in [6.07, 6.45) is 8.72. The molecule has 0 bridgehead atoms. The van der Waals surface area contributed by atoms with Gasteiger partial charge in [-0.25, -0.2) is 4.79 Å². The van der Waals surface area contributed by atoms with Crippen molar-refractivity contribution in [3.05, 3.63) is 71.1 Å². The highest BCUT2D eigenvalue weighted by Gasteiger charge is 2.33. The van der Waals surface area contributed by atoms with E-state index in [9.17, 15) is 14.9 Å². The van der Waals surface area contributed by atoms with Crippen LogP contribution in [0.15, 0.2) is 48.6 Å². The number of hydrogen-bond acceptors (Lipinski definition) is 6. The van der Waals surface area contributed by atoms with Crippen molar-refractivity contribution < 1.29 is 19.1 Å². The summed E-state index contributed by atoms with van der Waals surface area (Å²) in [5.74, 6) is 0.0659. The molecule has 1 saturated heterocycles. The first-order chi connectivity index (χ1) is 18.5. The van der Waals surface area contributed by atoms with Crippen LogP contribution in [0.1, 0.15) is 39.6 Å². The normalized spacial score (nSPS) is 19.0. The lowest BCUT2D eigenvalue weighted by Crippen LogP contribution is -2.41. The molecule has 3 amide bonds. The van der Waals surface area contributed by atoms with E-state index >= 15 is 0 Å². The highest BCUT2D eigenvalue weighted by atomic mass is 16.5. The molecule has 3 N–H and O–H groups in total. The molecule has 2 aromatic rings. The fourth-order valence-corrected chi connectivity index (χ4v) is 5.26. The summed E-state index contributed by atoms with van der Waals surface area (Å²) < 4.78 is 13.2. The van der Waals surface area contributed by atoms with Crippen LogP contribution in [0.4, 0.5) is 10.5 Å². The maximum Gasteiger partial charge on any atom is 0.322 e. The molecule has 0 saturated carbocycles. The van der Waals surface area contributed by atoms with Crippen molar-refractivity contribution in [3.63, 3.8) is 0 Å². The van der Waals surface area contributed by atoms with E-state index in [1.807, 2.05) is 41.0 Å². The van der Waals surface area contributed by atoms with Gasteiger partial charge < -0.3 is 30.0 Å². The second-order valence-electron chi connectivity index (χ2n) is 9.54. The summed E-state index contributed by atoms with van der Waals surface area (Å²) in [5.41, 5.74) is 8.28. The number of carbonyl (C=O) groups is 2. The second kappa shape index (κ2) is 11.5. The summed E-state index contributed by atoms with van der Waals surface area (Å²) >= 11 is 0. The number of hydrogen-bond donors (Lipinski definition) is 2. The third-order valence-electron chi connectivity index (χ3n) is 7.21. The molecule has 2 aliphatic heterocycles. The van der Waals surface area contributed by atoms with Crippen LogP contribution in [0, 0.1) is 11.3 Å². The highest BCUT2D eigenvalue weighted by molar-refractivity contribution is 5.98. The summed E-state index contributed by atoms with van der Waals surface area (Å²) in [6.45, 7) is 5.90. The van der Waals surface area contributed by atoms with E-state index < -0.39 is 5.91 Å². The molecule has 0 spiro atoms. The zero-order valence-corrected chi connectivity index (χ0v) is 21.3. The molecule has 10 nitrogen and oxygen atoms in total. The number of nitriles is 1. The van der Waals surface area contributed by atoms with Gasteiger partial charge in [0.15, 0.2) is 0 Å². The topological polar surface area (TPSA) is 126 Å². The lowest BCUT2D eigenvalue weighted by molar-refractivity contribution is 0.0322. The molecule has 10 heteroatoms. The second-order valence-corrected chi connectivity index (χ2v) is 9.54. The molecule has 3 aliphatic rings. The number of urea groups is 1. The molecule has 1 unspecified atom stereocenters. The molecule has 3 heterocycles. The van der Waals surface area contributed by atoms with Gasteiger partial charge in [0.1, 0.15) is 18.4 Å². The molecule has 5 rings (SSSR count). The Balaban J connectivity index is 1.23. The summed E-state index contributed by atoms with van der Waals surface area (Å²) in [6, 6.07) is 9.19. The van der Waals surface area contributed by atoms with Gasteiger partial charge in [0.05, 0.1) is 36.6 Å². The van der Waals surface area contributed by atoms with Gasteiger partial charge in [0, 0.05) is 50.0 Å². The zero-order valence-electron chi connectivity index (χ0n) is 21.3. The van der Waals surface area contributed by atoms with Gasteiger partial charge in [-0.15, -0.1) is 0 Å². The van der Waals surface area contributed by atoms with E-state index in [1.54, 1.807) is 17.0 Å². The fourth-order valence-electron chi connectivity index (χ4n) is 5.26. The van der Waals surface area contributed by atoms with Crippen molar-refractivity contribution in [1.82, 2.24) is 14.4 Å². The number of allylic oxidation sites excluding steroid dienone is 4. The average molecular weight is 517 g/mol. The first-order valence-electron chi connectivity index (χ1n) is 12.9. The number of nitrogens with zero attached hydrogens (tertiary/aromatic N) is 4. The Hall–Kier alpha value is -4.07. The van der Waals surface area contributed by atoms with Crippen molar-refractivity contribution >= 4 is 17.6 Å². The molecule has 0 radical (unpaired) electrons. The minimum absolute atomic E-state index is 0.0171. The first-order valence-corrected chi connectivity index (χ1v) is 12.9. The number of rotatable bonds is 7. The quantitative estimate of drug-likeness (QED) is 0.583. The highest BCUT2D eigenvalue weighted by Crippen LogP contribution is 2.35. The average Bonchev–Trinajstić information content (AvgIpc) is 3.29. The molecule has 1 fully saturated rings. The number of carbonyl (C=O) groups excluding carboxylic acids is 2.